The highest BCUT2D eigenvalue weighted by molar-refractivity contribution is 5.89. The summed E-state index contributed by atoms with van der Waals surface area (Å²) in [5, 5.41) is 10.5. The molecule has 1 heterocycles. The summed E-state index contributed by atoms with van der Waals surface area (Å²) in [6, 6.07) is 0. The van der Waals surface area contributed by atoms with E-state index >= 15 is 0 Å². The lowest BCUT2D eigenvalue weighted by Crippen LogP contribution is -2.28. The molecule has 76 valence electrons. The van der Waals surface area contributed by atoms with Crippen molar-refractivity contribution in [2.75, 3.05) is 6.61 Å². The lowest BCUT2D eigenvalue weighted by molar-refractivity contribution is -0.608. The largest absolute Gasteiger partial charge is 0.619 e. The van der Waals surface area contributed by atoms with Crippen LogP contribution in [0.1, 0.15) is 17.3 Å². The maximum absolute atomic E-state index is 12.9. The Morgan fingerprint density at radius 3 is 2.43 bits per heavy atom. The van der Waals surface area contributed by atoms with Gasteiger partial charge in [0, 0.05) is 0 Å². The summed E-state index contributed by atoms with van der Waals surface area (Å²) < 4.78 is 30.2. The van der Waals surface area contributed by atoms with E-state index in [9.17, 15) is 18.8 Å². The average molecular weight is 203 g/mol. The quantitative estimate of drug-likeness (QED) is 0.405. The number of carbonyl (C=O) groups is 1. The number of carbonyl (C=O) groups excluding carboxylic acids is 1. The molecule has 0 N–H and O–H groups in total. The molecule has 1 rings (SSSR count). The van der Waals surface area contributed by atoms with E-state index in [1.54, 1.807) is 0 Å². The lowest BCUT2D eigenvalue weighted by atomic mass is 10.2. The summed E-state index contributed by atoms with van der Waals surface area (Å²) in [4.78, 5) is 11.0. The van der Waals surface area contributed by atoms with E-state index in [-0.39, 0.29) is 11.3 Å². The smallest absolute Gasteiger partial charge is 0.344 e. The fraction of sp³-hybridized carbons (Fsp3) is 0.250. The summed E-state index contributed by atoms with van der Waals surface area (Å²) in [5.74, 6) is -3.60. The van der Waals surface area contributed by atoms with Gasteiger partial charge in [0.2, 0.25) is 24.0 Å². The van der Waals surface area contributed by atoms with Crippen LogP contribution < -0.4 is 4.73 Å². The zero-order valence-electron chi connectivity index (χ0n) is 7.29. The van der Waals surface area contributed by atoms with Crippen LogP contribution in [0.3, 0.4) is 0 Å². The van der Waals surface area contributed by atoms with E-state index in [4.69, 9.17) is 0 Å². The van der Waals surface area contributed by atoms with Crippen LogP contribution in [0.5, 0.6) is 0 Å². The summed E-state index contributed by atoms with van der Waals surface area (Å²) in [7, 11) is 0. The first kappa shape index (κ1) is 10.4. The highest BCUT2D eigenvalue weighted by Crippen LogP contribution is 2.10. The Morgan fingerprint density at radius 2 is 2.00 bits per heavy atom. The molecule has 4 nitrogen and oxygen atoms in total. The monoisotopic (exact) mass is 203 g/mol. The van der Waals surface area contributed by atoms with Gasteiger partial charge in [-0.3, -0.25) is 0 Å². The van der Waals surface area contributed by atoms with Crippen molar-refractivity contribution in [1.29, 1.82) is 0 Å². The maximum atomic E-state index is 12.9. The van der Waals surface area contributed by atoms with E-state index in [2.05, 4.69) is 4.74 Å². The van der Waals surface area contributed by atoms with Crippen LogP contribution in [0, 0.1) is 16.8 Å². The van der Waals surface area contributed by atoms with Gasteiger partial charge in [0.15, 0.2) is 0 Å². The molecule has 0 aliphatic rings. The molecule has 0 atom stereocenters. The Balaban J connectivity index is 3.14. The molecule has 0 aromatic carbocycles. The number of hydrogen-bond acceptors (Lipinski definition) is 3. The fourth-order valence-electron chi connectivity index (χ4n) is 0.902. The number of nitrogens with zero attached hydrogens (tertiary/aromatic N) is 1. The highest BCUT2D eigenvalue weighted by Gasteiger charge is 2.22. The molecular formula is C8H7F2NO3. The lowest BCUT2D eigenvalue weighted by Gasteiger charge is -2.03. The molecule has 0 spiro atoms. The van der Waals surface area contributed by atoms with Gasteiger partial charge in [-0.15, -0.1) is 0 Å². The van der Waals surface area contributed by atoms with Crippen molar-refractivity contribution >= 4 is 5.97 Å². The van der Waals surface area contributed by atoms with Gasteiger partial charge in [0.05, 0.1) is 6.61 Å². The topological polar surface area (TPSA) is 53.2 Å². The molecule has 0 amide bonds. The van der Waals surface area contributed by atoms with Crippen LogP contribution >= 0.6 is 0 Å². The van der Waals surface area contributed by atoms with E-state index in [1.165, 1.54) is 6.92 Å². The zero-order valence-corrected chi connectivity index (χ0v) is 7.29. The third kappa shape index (κ3) is 1.95. The van der Waals surface area contributed by atoms with Gasteiger partial charge in [-0.1, -0.05) is 0 Å². The fourth-order valence-corrected chi connectivity index (χ4v) is 0.902. The first-order valence-corrected chi connectivity index (χ1v) is 3.81. The Hall–Kier alpha value is -1.72. The Kier molecular flexibility index (Phi) is 2.95. The van der Waals surface area contributed by atoms with E-state index in [1.807, 2.05) is 0 Å². The van der Waals surface area contributed by atoms with Gasteiger partial charge >= 0.3 is 5.97 Å². The van der Waals surface area contributed by atoms with Crippen LogP contribution in [0.25, 0.3) is 0 Å². The molecule has 1 aromatic rings. The second-order valence-electron chi connectivity index (χ2n) is 2.41. The van der Waals surface area contributed by atoms with Gasteiger partial charge in [-0.25, -0.2) is 4.79 Å². The van der Waals surface area contributed by atoms with Crippen LogP contribution in [-0.2, 0) is 4.74 Å². The number of aromatic nitrogens is 1. The van der Waals surface area contributed by atoms with Crippen LogP contribution in [0.2, 0.25) is 0 Å². The van der Waals surface area contributed by atoms with E-state index < -0.39 is 23.2 Å². The molecule has 0 radical (unpaired) electrons. The molecule has 0 saturated carbocycles. The Labute approximate surface area is 78.3 Å². The van der Waals surface area contributed by atoms with E-state index in [0.717, 1.165) is 0 Å². The number of esters is 1. The summed E-state index contributed by atoms with van der Waals surface area (Å²) in [6.45, 7) is 1.51. The standard InChI is InChI=1S/C8H7F2NO3/c1-2-14-8(12)7-5(9)3-11(13)4-6(7)10/h3-4H,2H2,1H3. The van der Waals surface area contributed by atoms with Crippen molar-refractivity contribution in [2.24, 2.45) is 0 Å². The van der Waals surface area contributed by atoms with Crippen molar-refractivity contribution in [3.8, 4) is 0 Å². The maximum Gasteiger partial charge on any atom is 0.344 e. The van der Waals surface area contributed by atoms with Crippen LogP contribution in [0.15, 0.2) is 12.4 Å². The van der Waals surface area contributed by atoms with Gasteiger partial charge in [-0.05, 0) is 6.92 Å². The summed E-state index contributed by atoms with van der Waals surface area (Å²) >= 11 is 0. The molecule has 0 fully saturated rings. The molecule has 0 bridgehead atoms. The molecule has 0 aliphatic heterocycles. The second-order valence-corrected chi connectivity index (χ2v) is 2.41. The van der Waals surface area contributed by atoms with Gasteiger partial charge in [0.1, 0.15) is 5.56 Å². The first-order chi connectivity index (χ1) is 6.56. The van der Waals surface area contributed by atoms with Crippen LogP contribution in [0.4, 0.5) is 8.78 Å². The Morgan fingerprint density at radius 1 is 1.50 bits per heavy atom. The van der Waals surface area contributed by atoms with Crippen molar-refractivity contribution in [3.05, 3.63) is 34.8 Å². The number of ether oxygens (including phenoxy) is 1. The third-order valence-corrected chi connectivity index (χ3v) is 1.44. The number of hydrogen-bond donors (Lipinski definition) is 0. The average Bonchev–Trinajstić information content (AvgIpc) is 2.01. The summed E-state index contributed by atoms with van der Waals surface area (Å²) in [6.07, 6.45) is 0.907. The van der Waals surface area contributed by atoms with Crippen molar-refractivity contribution in [3.63, 3.8) is 0 Å². The normalized spacial score (nSPS) is 9.93. The van der Waals surface area contributed by atoms with Crippen molar-refractivity contribution in [2.45, 2.75) is 6.92 Å². The minimum atomic E-state index is -1.24. The molecule has 6 heteroatoms. The second kappa shape index (κ2) is 3.99. The number of rotatable bonds is 2. The molecule has 1 aromatic heterocycles. The first-order valence-electron chi connectivity index (χ1n) is 3.81. The van der Waals surface area contributed by atoms with Crippen molar-refractivity contribution < 1.29 is 23.0 Å². The summed E-state index contributed by atoms with van der Waals surface area (Å²) in [5.41, 5.74) is -0.848. The predicted octanol–water partition coefficient (Wildman–Crippen LogP) is 0.775. The molecular weight excluding hydrogens is 196 g/mol. The van der Waals surface area contributed by atoms with E-state index in [0.29, 0.717) is 12.4 Å². The highest BCUT2D eigenvalue weighted by atomic mass is 19.1. The Bertz CT molecular complexity index is 345. The molecule has 0 saturated heterocycles. The SMILES string of the molecule is CCOC(=O)c1c(F)c[n+]([O-])cc1F. The molecule has 0 unspecified atom stereocenters. The van der Waals surface area contributed by atoms with Gasteiger partial charge in [0.25, 0.3) is 0 Å². The zero-order chi connectivity index (χ0) is 10.7. The number of pyridine rings is 1. The number of halogens is 2. The van der Waals surface area contributed by atoms with Crippen molar-refractivity contribution in [1.82, 2.24) is 0 Å². The molecule has 14 heavy (non-hydrogen) atoms. The minimum absolute atomic E-state index is 0.00395. The molecule has 0 aliphatic carbocycles. The third-order valence-electron chi connectivity index (χ3n) is 1.44. The van der Waals surface area contributed by atoms with Gasteiger partial charge < -0.3 is 9.94 Å². The minimum Gasteiger partial charge on any atom is -0.619 e. The van der Waals surface area contributed by atoms with Gasteiger partial charge in [-0.2, -0.15) is 13.5 Å². The predicted molar refractivity (Wildman–Crippen MR) is 41.3 cm³/mol. The van der Waals surface area contributed by atoms with Crippen LogP contribution in [-0.4, -0.2) is 12.6 Å².